The average Bonchev–Trinajstić information content (AvgIpc) is 3.02. The van der Waals surface area contributed by atoms with Gasteiger partial charge in [-0.2, -0.15) is 5.26 Å². The number of hydrogen-bond acceptors (Lipinski definition) is 4. The maximum Gasteiger partial charge on any atom is 0.411 e. The second-order valence-electron chi connectivity index (χ2n) is 9.48. The van der Waals surface area contributed by atoms with Crippen LogP contribution >= 0.6 is 23.2 Å². The van der Waals surface area contributed by atoms with Gasteiger partial charge in [-0.1, -0.05) is 62.2 Å². The molecule has 1 aliphatic rings. The highest BCUT2D eigenvalue weighted by molar-refractivity contribution is 6.31. The van der Waals surface area contributed by atoms with Crippen LogP contribution in [-0.4, -0.2) is 29.2 Å². The summed E-state index contributed by atoms with van der Waals surface area (Å²) in [6, 6.07) is 7.83. The maximum absolute atomic E-state index is 15.4. The van der Waals surface area contributed by atoms with Crippen molar-refractivity contribution in [3.05, 3.63) is 69.2 Å². The highest BCUT2D eigenvalue weighted by atomic mass is 35.5. The molecular formula is C24H23Cl2F2N3O3. The molecule has 2 amide bonds. The van der Waals surface area contributed by atoms with Crippen LogP contribution in [0.25, 0.3) is 0 Å². The normalized spacial score (nSPS) is 24.5. The first kappa shape index (κ1) is 25.9. The van der Waals surface area contributed by atoms with E-state index in [0.717, 1.165) is 6.07 Å². The van der Waals surface area contributed by atoms with E-state index in [1.54, 1.807) is 5.32 Å². The minimum atomic E-state index is -1.81. The number of carboxylic acid groups (broad SMARTS) is 1. The first-order valence-corrected chi connectivity index (χ1v) is 11.2. The number of amides is 2. The Morgan fingerprint density at radius 2 is 1.91 bits per heavy atom. The van der Waals surface area contributed by atoms with Crippen molar-refractivity contribution >= 4 is 35.2 Å². The van der Waals surface area contributed by atoms with Crippen LogP contribution in [0, 0.1) is 28.4 Å². The van der Waals surface area contributed by atoms with Gasteiger partial charge in [-0.05, 0) is 35.6 Å². The molecule has 0 aliphatic carbocycles. The van der Waals surface area contributed by atoms with Gasteiger partial charge in [-0.3, -0.25) is 10.1 Å². The van der Waals surface area contributed by atoms with E-state index >= 15 is 8.78 Å². The lowest BCUT2D eigenvalue weighted by atomic mass is 9.62. The molecule has 1 fully saturated rings. The van der Waals surface area contributed by atoms with Gasteiger partial charge in [0, 0.05) is 22.5 Å². The number of rotatable bonds is 4. The number of hydrogen-bond donors (Lipinski definition) is 3. The molecule has 0 bridgehead atoms. The van der Waals surface area contributed by atoms with E-state index in [-0.39, 0.29) is 27.6 Å². The summed E-state index contributed by atoms with van der Waals surface area (Å²) in [5, 5.41) is 24.4. The molecule has 0 radical (unpaired) electrons. The third-order valence-corrected chi connectivity index (χ3v) is 6.49. The maximum atomic E-state index is 15.4. The van der Waals surface area contributed by atoms with Gasteiger partial charge in [-0.15, -0.1) is 0 Å². The summed E-state index contributed by atoms with van der Waals surface area (Å²) < 4.78 is 30.7. The Hall–Kier alpha value is -2.73. The predicted molar refractivity (Wildman–Crippen MR) is 124 cm³/mol. The van der Waals surface area contributed by atoms with Crippen molar-refractivity contribution < 1.29 is 23.5 Å². The van der Waals surface area contributed by atoms with E-state index in [1.807, 2.05) is 20.8 Å². The molecule has 1 heterocycles. The molecule has 6 nitrogen and oxygen atoms in total. The second kappa shape index (κ2) is 9.49. The summed E-state index contributed by atoms with van der Waals surface area (Å²) in [5.74, 6) is -4.00. The van der Waals surface area contributed by atoms with Crippen molar-refractivity contribution in [3.63, 3.8) is 0 Å². The molecule has 1 saturated heterocycles. The summed E-state index contributed by atoms with van der Waals surface area (Å²) in [6.45, 7) is 5.69. The zero-order chi connectivity index (χ0) is 25.4. The molecule has 0 spiro atoms. The Kier molecular flexibility index (Phi) is 7.23. The number of halogens is 4. The second-order valence-corrected chi connectivity index (χ2v) is 10.3. The quantitative estimate of drug-likeness (QED) is 0.512. The first-order chi connectivity index (χ1) is 15.8. The molecule has 4 atom stereocenters. The largest absolute Gasteiger partial charge is 0.465 e. The van der Waals surface area contributed by atoms with Crippen LogP contribution in [0.4, 0.5) is 13.6 Å². The van der Waals surface area contributed by atoms with Crippen LogP contribution in [0.3, 0.4) is 0 Å². The summed E-state index contributed by atoms with van der Waals surface area (Å²) in [5.41, 5.74) is -2.42. The Balaban J connectivity index is 2.38. The lowest BCUT2D eigenvalue weighted by molar-refractivity contribution is -0.122. The Bertz CT molecular complexity index is 1180. The van der Waals surface area contributed by atoms with E-state index in [0.29, 0.717) is 0 Å². The van der Waals surface area contributed by atoms with Crippen molar-refractivity contribution in [2.45, 2.75) is 50.6 Å². The Labute approximate surface area is 205 Å². The molecular weight excluding hydrogens is 487 g/mol. The monoisotopic (exact) mass is 509 g/mol. The van der Waals surface area contributed by atoms with Crippen molar-refractivity contribution in [1.82, 2.24) is 10.6 Å². The van der Waals surface area contributed by atoms with E-state index in [2.05, 4.69) is 11.4 Å². The van der Waals surface area contributed by atoms with Gasteiger partial charge in [0.15, 0.2) is 0 Å². The summed E-state index contributed by atoms with van der Waals surface area (Å²) in [4.78, 5) is 24.2. The topological polar surface area (TPSA) is 102 Å². The predicted octanol–water partition coefficient (Wildman–Crippen LogP) is 5.39. The molecule has 3 N–H and O–H groups in total. The van der Waals surface area contributed by atoms with Crippen molar-refractivity contribution in [1.29, 1.82) is 5.26 Å². The fraction of sp³-hybridized carbons (Fsp3) is 0.375. The molecule has 34 heavy (non-hydrogen) atoms. The van der Waals surface area contributed by atoms with Crippen LogP contribution in [0.2, 0.25) is 10.0 Å². The number of benzene rings is 2. The molecule has 1 aliphatic heterocycles. The molecule has 3 rings (SSSR count). The van der Waals surface area contributed by atoms with Gasteiger partial charge >= 0.3 is 6.09 Å². The van der Waals surface area contributed by atoms with Crippen LogP contribution in [0.1, 0.15) is 44.2 Å². The molecule has 0 saturated carbocycles. The van der Waals surface area contributed by atoms with Crippen LogP contribution in [-0.2, 0) is 10.2 Å². The lowest BCUT2D eigenvalue weighted by Crippen LogP contribution is -2.47. The fourth-order valence-corrected chi connectivity index (χ4v) is 5.08. The van der Waals surface area contributed by atoms with Crippen molar-refractivity contribution in [2.75, 3.05) is 0 Å². The SMILES string of the molecule is CC(C)(C)C[C@H]1NC(C(=O)NC(=O)O)[C@@H](c2cccc(Cl)c2F)C1(C#N)c1ccc(Cl)cc1F. The molecule has 180 valence electrons. The van der Waals surface area contributed by atoms with Crippen molar-refractivity contribution in [3.8, 4) is 6.07 Å². The number of nitrogens with zero attached hydrogens (tertiary/aromatic N) is 1. The van der Waals surface area contributed by atoms with Gasteiger partial charge in [0.2, 0.25) is 5.91 Å². The standard InChI is InChI=1S/C24H23Cl2F2N3O3/c1-23(2,3)10-17-24(11-29,14-8-7-12(25)9-16(14)27)18(13-5-4-6-15(26)19(13)28)20(30-17)21(32)31-22(33)34/h4-9,17-18,20,30H,10H2,1-3H3,(H,31,32)(H,33,34)/t17-,18-,20?,24?/m1/s1. The zero-order valence-corrected chi connectivity index (χ0v) is 20.1. The molecule has 2 unspecified atom stereocenters. The van der Waals surface area contributed by atoms with Crippen LogP contribution in [0.15, 0.2) is 36.4 Å². The third-order valence-electron chi connectivity index (χ3n) is 5.96. The summed E-state index contributed by atoms with van der Waals surface area (Å²) in [6.07, 6.45) is -1.34. The van der Waals surface area contributed by atoms with Gasteiger partial charge in [-0.25, -0.2) is 13.6 Å². The number of nitriles is 1. The minimum absolute atomic E-state index is 0.0869. The molecule has 2 aromatic rings. The van der Waals surface area contributed by atoms with E-state index < -0.39 is 52.5 Å². The number of carbonyl (C=O) groups excluding carboxylic acids is 1. The number of carbonyl (C=O) groups is 2. The van der Waals surface area contributed by atoms with Gasteiger partial charge < -0.3 is 10.4 Å². The van der Waals surface area contributed by atoms with E-state index in [1.165, 1.54) is 30.3 Å². The smallest absolute Gasteiger partial charge is 0.411 e. The first-order valence-electron chi connectivity index (χ1n) is 10.4. The van der Waals surface area contributed by atoms with Gasteiger partial charge in [0.25, 0.3) is 0 Å². The number of imide groups is 1. The van der Waals surface area contributed by atoms with Gasteiger partial charge in [0.05, 0.1) is 17.1 Å². The summed E-state index contributed by atoms with van der Waals surface area (Å²) >= 11 is 12.0. The van der Waals surface area contributed by atoms with E-state index in [9.17, 15) is 14.9 Å². The third kappa shape index (κ3) is 4.74. The van der Waals surface area contributed by atoms with Crippen LogP contribution in [0.5, 0.6) is 0 Å². The van der Waals surface area contributed by atoms with Crippen LogP contribution < -0.4 is 10.6 Å². The van der Waals surface area contributed by atoms with Crippen molar-refractivity contribution in [2.24, 2.45) is 5.41 Å². The lowest BCUT2D eigenvalue weighted by Gasteiger charge is -2.37. The Morgan fingerprint density at radius 3 is 2.47 bits per heavy atom. The van der Waals surface area contributed by atoms with E-state index in [4.69, 9.17) is 28.3 Å². The summed E-state index contributed by atoms with van der Waals surface area (Å²) in [7, 11) is 0. The molecule has 0 aromatic heterocycles. The zero-order valence-electron chi connectivity index (χ0n) is 18.6. The fourth-order valence-electron chi connectivity index (χ4n) is 4.74. The minimum Gasteiger partial charge on any atom is -0.465 e. The molecule has 2 aromatic carbocycles. The average molecular weight is 510 g/mol. The Morgan fingerprint density at radius 1 is 1.24 bits per heavy atom. The highest BCUT2D eigenvalue weighted by Gasteiger charge is 2.61. The van der Waals surface area contributed by atoms with Gasteiger partial charge in [0.1, 0.15) is 17.0 Å². The number of nitrogens with one attached hydrogen (secondary N) is 2. The molecule has 10 heteroatoms. The highest BCUT2D eigenvalue weighted by Crippen LogP contribution is 2.52.